The average Bonchev–Trinajstić information content (AvgIpc) is 2.66. The second-order valence-electron chi connectivity index (χ2n) is 7.63. The van der Waals surface area contributed by atoms with Crippen LogP contribution in [0.25, 0.3) is 0 Å². The molecule has 6 heteroatoms. The van der Waals surface area contributed by atoms with E-state index in [1.807, 2.05) is 0 Å². The highest BCUT2D eigenvalue weighted by Crippen LogP contribution is 2.25. The van der Waals surface area contributed by atoms with Crippen LogP contribution >= 0.6 is 24.0 Å². The first kappa shape index (κ1) is 22.4. The number of hydrogen-bond donors (Lipinski definition) is 3. The summed E-state index contributed by atoms with van der Waals surface area (Å²) in [7, 11) is 0. The highest BCUT2D eigenvalue weighted by molar-refractivity contribution is 14.0. The van der Waals surface area contributed by atoms with E-state index in [0.717, 1.165) is 12.5 Å². The Morgan fingerprint density at radius 3 is 2.63 bits per heavy atom. The standard InChI is InChI=1S/C21H33N3O2.HI/c1-3-22-20(23-15-21(25)10-12-26-13-11-21)24-16(2)18-9-8-17-6-4-5-7-19(17)14-18;/h8-9,14,16,25H,3-7,10-13,15H2,1-2H3,(H2,22,23,24);1H. The van der Waals surface area contributed by atoms with E-state index in [9.17, 15) is 5.11 Å². The molecule has 0 amide bonds. The third-order valence-electron chi connectivity index (χ3n) is 5.52. The molecule has 1 aliphatic heterocycles. The third-order valence-corrected chi connectivity index (χ3v) is 5.52. The molecule has 0 radical (unpaired) electrons. The van der Waals surface area contributed by atoms with Gasteiger partial charge in [-0.15, -0.1) is 24.0 Å². The summed E-state index contributed by atoms with van der Waals surface area (Å²) in [6.45, 7) is 6.65. The molecule has 3 N–H and O–H groups in total. The molecule has 0 aromatic heterocycles. The van der Waals surface area contributed by atoms with Crippen molar-refractivity contribution >= 4 is 29.9 Å². The van der Waals surface area contributed by atoms with Crippen LogP contribution < -0.4 is 10.6 Å². The summed E-state index contributed by atoms with van der Waals surface area (Å²) in [6, 6.07) is 7.04. The van der Waals surface area contributed by atoms with Crippen LogP contribution in [0.4, 0.5) is 0 Å². The number of nitrogens with one attached hydrogen (secondary N) is 2. The van der Waals surface area contributed by atoms with Crippen molar-refractivity contribution in [2.75, 3.05) is 26.3 Å². The molecule has 1 heterocycles. The second-order valence-corrected chi connectivity index (χ2v) is 7.63. The molecule has 2 aliphatic rings. The van der Waals surface area contributed by atoms with Crippen molar-refractivity contribution < 1.29 is 9.84 Å². The molecule has 1 saturated heterocycles. The van der Waals surface area contributed by atoms with Gasteiger partial charge in [-0.1, -0.05) is 18.2 Å². The Morgan fingerprint density at radius 1 is 1.22 bits per heavy atom. The fourth-order valence-electron chi connectivity index (χ4n) is 3.77. The number of benzene rings is 1. The van der Waals surface area contributed by atoms with Crippen molar-refractivity contribution in [1.82, 2.24) is 10.6 Å². The Hall–Kier alpha value is -0.860. The van der Waals surface area contributed by atoms with Crippen LogP contribution in [-0.2, 0) is 17.6 Å². The van der Waals surface area contributed by atoms with E-state index in [4.69, 9.17) is 4.74 Å². The zero-order chi connectivity index (χ0) is 18.4. The molecular weight excluding hydrogens is 453 g/mol. The van der Waals surface area contributed by atoms with E-state index < -0.39 is 5.60 Å². The van der Waals surface area contributed by atoms with Gasteiger partial charge < -0.3 is 20.5 Å². The predicted octanol–water partition coefficient (Wildman–Crippen LogP) is 3.34. The summed E-state index contributed by atoms with van der Waals surface area (Å²) in [5, 5.41) is 17.4. The number of hydrogen-bond acceptors (Lipinski definition) is 3. The summed E-state index contributed by atoms with van der Waals surface area (Å²) in [5.74, 6) is 0.762. The third kappa shape index (κ3) is 6.32. The van der Waals surface area contributed by atoms with Crippen LogP contribution in [0.1, 0.15) is 62.3 Å². The lowest BCUT2D eigenvalue weighted by Gasteiger charge is -2.31. The van der Waals surface area contributed by atoms with Crippen LogP contribution in [0.3, 0.4) is 0 Å². The topological polar surface area (TPSA) is 65.9 Å². The Labute approximate surface area is 180 Å². The molecular formula is C21H34IN3O2. The summed E-state index contributed by atoms with van der Waals surface area (Å²) in [4.78, 5) is 4.65. The highest BCUT2D eigenvalue weighted by atomic mass is 127. The number of aryl methyl sites for hydroxylation is 2. The molecule has 1 aromatic carbocycles. The SMILES string of the molecule is CCNC(=NCC1(O)CCOCC1)NC(C)c1ccc2c(c1)CCCC2.I. The van der Waals surface area contributed by atoms with Crippen LogP contribution in [-0.4, -0.2) is 43.0 Å². The molecule has 3 rings (SSSR count). The summed E-state index contributed by atoms with van der Waals surface area (Å²) in [5.41, 5.74) is 3.56. The van der Waals surface area contributed by atoms with Gasteiger partial charge in [0.15, 0.2) is 5.96 Å². The number of ether oxygens (including phenoxy) is 1. The Kier molecular flexibility index (Phi) is 8.82. The summed E-state index contributed by atoms with van der Waals surface area (Å²) >= 11 is 0. The molecule has 0 saturated carbocycles. The van der Waals surface area contributed by atoms with Crippen molar-refractivity contribution in [3.05, 3.63) is 34.9 Å². The Balaban J connectivity index is 0.00000261. The monoisotopic (exact) mass is 487 g/mol. The first-order valence-electron chi connectivity index (χ1n) is 10.1. The van der Waals surface area contributed by atoms with Crippen LogP contribution in [0.5, 0.6) is 0 Å². The van der Waals surface area contributed by atoms with E-state index >= 15 is 0 Å². The lowest BCUT2D eigenvalue weighted by Crippen LogP contribution is -2.43. The predicted molar refractivity (Wildman–Crippen MR) is 121 cm³/mol. The van der Waals surface area contributed by atoms with Gasteiger partial charge in [-0.3, -0.25) is 4.99 Å². The van der Waals surface area contributed by atoms with Gasteiger partial charge in [0, 0.05) is 32.6 Å². The average molecular weight is 487 g/mol. The van der Waals surface area contributed by atoms with Gasteiger partial charge in [-0.05, 0) is 56.2 Å². The van der Waals surface area contributed by atoms with Crippen molar-refractivity contribution in [2.24, 2.45) is 4.99 Å². The molecule has 1 aliphatic carbocycles. The van der Waals surface area contributed by atoms with Gasteiger partial charge in [0.05, 0.1) is 18.2 Å². The number of rotatable bonds is 5. The van der Waals surface area contributed by atoms with E-state index in [1.54, 1.807) is 0 Å². The van der Waals surface area contributed by atoms with E-state index in [-0.39, 0.29) is 30.0 Å². The van der Waals surface area contributed by atoms with Gasteiger partial charge in [0.2, 0.25) is 0 Å². The van der Waals surface area contributed by atoms with E-state index in [1.165, 1.54) is 42.4 Å². The number of aliphatic hydroxyl groups is 1. The minimum atomic E-state index is -0.740. The van der Waals surface area contributed by atoms with Gasteiger partial charge in [-0.2, -0.15) is 0 Å². The molecule has 0 spiro atoms. The normalized spacial score (nSPS) is 20.2. The highest BCUT2D eigenvalue weighted by Gasteiger charge is 2.29. The van der Waals surface area contributed by atoms with Gasteiger partial charge in [0.1, 0.15) is 0 Å². The minimum Gasteiger partial charge on any atom is -0.388 e. The summed E-state index contributed by atoms with van der Waals surface area (Å²) < 4.78 is 5.35. The lowest BCUT2D eigenvalue weighted by molar-refractivity contribution is -0.0566. The van der Waals surface area contributed by atoms with Crippen LogP contribution in [0, 0.1) is 0 Å². The van der Waals surface area contributed by atoms with Gasteiger partial charge in [0.25, 0.3) is 0 Å². The zero-order valence-electron chi connectivity index (χ0n) is 16.6. The van der Waals surface area contributed by atoms with Crippen molar-refractivity contribution in [1.29, 1.82) is 0 Å². The number of halogens is 1. The number of guanidine groups is 1. The molecule has 1 aromatic rings. The Bertz CT molecular complexity index is 630. The smallest absolute Gasteiger partial charge is 0.191 e. The van der Waals surface area contributed by atoms with E-state index in [0.29, 0.717) is 32.6 Å². The Morgan fingerprint density at radius 2 is 1.93 bits per heavy atom. The van der Waals surface area contributed by atoms with Crippen LogP contribution in [0.15, 0.2) is 23.2 Å². The largest absolute Gasteiger partial charge is 0.388 e. The quantitative estimate of drug-likeness (QED) is 0.339. The molecule has 5 nitrogen and oxygen atoms in total. The molecule has 152 valence electrons. The molecule has 1 fully saturated rings. The fraction of sp³-hybridized carbons (Fsp3) is 0.667. The lowest BCUT2D eigenvalue weighted by atomic mass is 9.89. The first-order chi connectivity index (χ1) is 12.6. The van der Waals surface area contributed by atoms with Crippen LogP contribution in [0.2, 0.25) is 0 Å². The number of nitrogens with zero attached hydrogens (tertiary/aromatic N) is 1. The molecule has 27 heavy (non-hydrogen) atoms. The zero-order valence-corrected chi connectivity index (χ0v) is 18.9. The number of aliphatic imine (C=N–C) groups is 1. The second kappa shape index (κ2) is 10.6. The van der Waals surface area contributed by atoms with Crippen molar-refractivity contribution in [3.63, 3.8) is 0 Å². The summed E-state index contributed by atoms with van der Waals surface area (Å²) in [6.07, 6.45) is 6.31. The van der Waals surface area contributed by atoms with Crippen molar-refractivity contribution in [2.45, 2.75) is 64.0 Å². The molecule has 1 atom stereocenters. The molecule has 1 unspecified atom stereocenters. The van der Waals surface area contributed by atoms with Gasteiger partial charge in [-0.25, -0.2) is 0 Å². The van der Waals surface area contributed by atoms with E-state index in [2.05, 4.69) is 47.7 Å². The maximum atomic E-state index is 10.6. The van der Waals surface area contributed by atoms with Crippen molar-refractivity contribution in [3.8, 4) is 0 Å². The molecule has 0 bridgehead atoms. The first-order valence-corrected chi connectivity index (χ1v) is 10.1. The minimum absolute atomic E-state index is 0. The number of fused-ring (bicyclic) bond motifs is 1. The maximum Gasteiger partial charge on any atom is 0.191 e. The maximum absolute atomic E-state index is 10.6. The van der Waals surface area contributed by atoms with Gasteiger partial charge >= 0.3 is 0 Å². The fourth-order valence-corrected chi connectivity index (χ4v) is 3.77.